The van der Waals surface area contributed by atoms with Gasteiger partial charge in [-0.25, -0.2) is 9.78 Å². The number of aliphatic hydroxyl groups excluding tert-OH is 1. The quantitative estimate of drug-likeness (QED) is 0.809. The Morgan fingerprint density at radius 2 is 2.29 bits per heavy atom. The highest BCUT2D eigenvalue weighted by atomic mass is 79.9. The number of carbonyl (C=O) groups excluding carboxylic acids is 1. The summed E-state index contributed by atoms with van der Waals surface area (Å²) >= 11 is 3.43. The molecule has 0 spiro atoms. The topological polar surface area (TPSA) is 72.7 Å². The summed E-state index contributed by atoms with van der Waals surface area (Å²) in [7, 11) is 0. The minimum atomic E-state index is -0.522. The Kier molecular flexibility index (Phi) is 5.14. The number of H-pyrrole nitrogens is 1. The van der Waals surface area contributed by atoms with E-state index in [2.05, 4.69) is 26.2 Å². The fourth-order valence-corrected chi connectivity index (χ4v) is 2.39. The molecule has 2 aromatic rings. The Morgan fingerprint density at radius 3 is 2.95 bits per heavy atom. The lowest BCUT2D eigenvalue weighted by Gasteiger charge is -2.13. The van der Waals surface area contributed by atoms with E-state index in [4.69, 9.17) is 4.74 Å². The molecular weight excluding hydrogens is 336 g/mol. The number of carbonyl (C=O) groups is 1. The molecule has 5 nitrogen and oxygen atoms in total. The molecule has 1 aromatic heterocycles. The molecule has 0 aliphatic heterocycles. The summed E-state index contributed by atoms with van der Waals surface area (Å²) < 4.78 is 5.99. The molecule has 1 aromatic carbocycles. The van der Waals surface area contributed by atoms with E-state index >= 15 is 0 Å². The van der Waals surface area contributed by atoms with Crippen LogP contribution in [-0.4, -0.2) is 30.3 Å². The van der Waals surface area contributed by atoms with Crippen LogP contribution < -0.4 is 10.3 Å². The Balaban J connectivity index is 2.55. The van der Waals surface area contributed by atoms with Crippen molar-refractivity contribution in [2.24, 2.45) is 0 Å². The van der Waals surface area contributed by atoms with Crippen LogP contribution in [0.4, 0.5) is 5.69 Å². The van der Waals surface area contributed by atoms with Gasteiger partial charge in [-0.1, -0.05) is 15.9 Å². The number of aliphatic hydroxyl groups is 1. The van der Waals surface area contributed by atoms with Crippen LogP contribution >= 0.6 is 15.9 Å². The van der Waals surface area contributed by atoms with Gasteiger partial charge >= 0.3 is 5.97 Å². The summed E-state index contributed by atoms with van der Waals surface area (Å²) in [6.45, 7) is 4.11. The summed E-state index contributed by atoms with van der Waals surface area (Å²) in [5.74, 6) is -0.399. The van der Waals surface area contributed by atoms with Gasteiger partial charge in [0.15, 0.2) is 6.20 Å². The van der Waals surface area contributed by atoms with E-state index in [1.54, 1.807) is 20.0 Å². The lowest BCUT2D eigenvalue weighted by atomic mass is 10.1. The number of nitrogens with one attached hydrogen (secondary N) is 2. The number of fused-ring (bicyclic) bond motifs is 1. The smallest absolute Gasteiger partial charge is 0.346 e. The molecule has 3 N–H and O–H groups in total. The van der Waals surface area contributed by atoms with Crippen LogP contribution in [-0.2, 0) is 4.74 Å². The number of rotatable bonds is 5. The number of benzene rings is 1. The van der Waals surface area contributed by atoms with Gasteiger partial charge in [0.1, 0.15) is 5.56 Å². The van der Waals surface area contributed by atoms with Crippen LogP contribution in [0, 0.1) is 0 Å². The van der Waals surface area contributed by atoms with Gasteiger partial charge in [0.2, 0.25) is 5.52 Å². The van der Waals surface area contributed by atoms with Crippen molar-refractivity contribution in [3.8, 4) is 0 Å². The van der Waals surface area contributed by atoms with Gasteiger partial charge in [0.25, 0.3) is 0 Å². The lowest BCUT2D eigenvalue weighted by Crippen LogP contribution is -2.20. The maximum absolute atomic E-state index is 12.1. The van der Waals surface area contributed by atoms with E-state index in [1.807, 2.05) is 18.2 Å². The number of pyridine rings is 1. The molecule has 0 aliphatic rings. The fourth-order valence-electron chi connectivity index (χ4n) is 2.03. The predicted octanol–water partition coefficient (Wildman–Crippen LogP) is 2.39. The van der Waals surface area contributed by atoms with Gasteiger partial charge in [0, 0.05) is 17.1 Å². The van der Waals surface area contributed by atoms with E-state index < -0.39 is 12.1 Å². The first-order valence-electron chi connectivity index (χ1n) is 6.76. The standard InChI is InChI=1S/C15H17BrN2O3/c1-3-21-15(20)12-8-17-13-5-4-10(16)6-11(13)14(12)18-7-9(2)19/h4-6,8-9,19H,3,7H2,1-2H3,(H,17,18)/p+1/t9-/m1/s1. The Bertz CT molecular complexity index is 659. The van der Waals surface area contributed by atoms with Crippen molar-refractivity contribution in [3.63, 3.8) is 0 Å². The average Bonchev–Trinajstić information content (AvgIpc) is 2.44. The molecule has 0 radical (unpaired) electrons. The molecule has 21 heavy (non-hydrogen) atoms. The van der Waals surface area contributed by atoms with Crippen LogP contribution in [0.1, 0.15) is 24.2 Å². The van der Waals surface area contributed by atoms with Crippen LogP contribution in [0.2, 0.25) is 0 Å². The molecule has 1 atom stereocenters. The monoisotopic (exact) mass is 353 g/mol. The summed E-state index contributed by atoms with van der Waals surface area (Å²) in [5.41, 5.74) is 1.96. The van der Waals surface area contributed by atoms with Crippen molar-refractivity contribution in [3.05, 3.63) is 34.4 Å². The highest BCUT2D eigenvalue weighted by Gasteiger charge is 2.20. The van der Waals surface area contributed by atoms with Gasteiger partial charge in [-0.3, -0.25) is 0 Å². The molecule has 0 saturated heterocycles. The normalized spacial score (nSPS) is 12.2. The predicted molar refractivity (Wildman–Crippen MR) is 84.3 cm³/mol. The van der Waals surface area contributed by atoms with Crippen molar-refractivity contribution in [2.45, 2.75) is 20.0 Å². The zero-order valence-corrected chi connectivity index (χ0v) is 13.5. The van der Waals surface area contributed by atoms with Crippen molar-refractivity contribution < 1.29 is 19.6 Å². The lowest BCUT2D eigenvalue weighted by molar-refractivity contribution is -0.344. The van der Waals surface area contributed by atoms with Crippen LogP contribution in [0.25, 0.3) is 10.9 Å². The molecule has 0 fully saturated rings. The number of hydrogen-bond donors (Lipinski definition) is 2. The third-order valence-electron chi connectivity index (χ3n) is 2.96. The molecule has 0 unspecified atom stereocenters. The number of aromatic amines is 1. The zero-order chi connectivity index (χ0) is 15.4. The maximum atomic E-state index is 12.1. The van der Waals surface area contributed by atoms with E-state index in [9.17, 15) is 9.90 Å². The second-order valence-electron chi connectivity index (χ2n) is 4.72. The number of hydrogen-bond acceptors (Lipinski definition) is 4. The fraction of sp³-hybridized carbons (Fsp3) is 0.333. The minimum Gasteiger partial charge on any atom is -0.462 e. The Morgan fingerprint density at radius 1 is 1.52 bits per heavy atom. The molecule has 0 amide bonds. The minimum absolute atomic E-state index is 0.311. The summed E-state index contributed by atoms with van der Waals surface area (Å²) in [4.78, 5) is 15.2. The molecule has 0 bridgehead atoms. The second kappa shape index (κ2) is 6.87. The van der Waals surface area contributed by atoms with Crippen molar-refractivity contribution in [1.29, 1.82) is 0 Å². The Labute approximate surface area is 131 Å². The van der Waals surface area contributed by atoms with Crippen LogP contribution in [0.3, 0.4) is 0 Å². The van der Waals surface area contributed by atoms with Crippen LogP contribution in [0.15, 0.2) is 28.9 Å². The number of halogens is 1. The molecule has 0 saturated carbocycles. The van der Waals surface area contributed by atoms with Crippen molar-refractivity contribution in [2.75, 3.05) is 18.5 Å². The first-order chi connectivity index (χ1) is 10.0. The van der Waals surface area contributed by atoms with Gasteiger partial charge in [-0.15, -0.1) is 0 Å². The molecule has 6 heteroatoms. The van der Waals surface area contributed by atoms with E-state index in [1.165, 1.54) is 0 Å². The van der Waals surface area contributed by atoms with E-state index in [-0.39, 0.29) is 0 Å². The van der Waals surface area contributed by atoms with Gasteiger partial charge in [0.05, 0.1) is 23.8 Å². The molecule has 1 heterocycles. The number of ether oxygens (including phenoxy) is 1. The highest BCUT2D eigenvalue weighted by molar-refractivity contribution is 9.10. The van der Waals surface area contributed by atoms with Gasteiger partial charge < -0.3 is 15.2 Å². The first kappa shape index (κ1) is 15.7. The number of anilines is 1. The van der Waals surface area contributed by atoms with E-state index in [0.717, 1.165) is 15.4 Å². The van der Waals surface area contributed by atoms with Crippen molar-refractivity contribution in [1.82, 2.24) is 0 Å². The summed E-state index contributed by atoms with van der Waals surface area (Å²) in [5, 5.41) is 13.5. The average molecular weight is 354 g/mol. The number of aromatic nitrogens is 1. The van der Waals surface area contributed by atoms with Crippen LogP contribution in [0.5, 0.6) is 0 Å². The maximum Gasteiger partial charge on any atom is 0.346 e. The van der Waals surface area contributed by atoms with E-state index in [0.29, 0.717) is 24.4 Å². The largest absolute Gasteiger partial charge is 0.462 e. The second-order valence-corrected chi connectivity index (χ2v) is 5.63. The summed E-state index contributed by atoms with van der Waals surface area (Å²) in [6, 6.07) is 5.75. The molecular formula is C15H18BrN2O3+. The molecule has 0 aliphatic carbocycles. The highest BCUT2D eigenvalue weighted by Crippen LogP contribution is 2.27. The van der Waals surface area contributed by atoms with Gasteiger partial charge in [-0.2, -0.15) is 0 Å². The number of esters is 1. The van der Waals surface area contributed by atoms with Crippen molar-refractivity contribution >= 4 is 38.5 Å². The molecule has 112 valence electrons. The zero-order valence-electron chi connectivity index (χ0n) is 11.9. The third kappa shape index (κ3) is 3.71. The Hall–Kier alpha value is -1.66. The van der Waals surface area contributed by atoms with Gasteiger partial charge in [-0.05, 0) is 26.0 Å². The third-order valence-corrected chi connectivity index (χ3v) is 3.46. The SMILES string of the molecule is CCOC(=O)c1c[nH+]c2ccc(Br)cc2c1NC[C@@H](C)O. The first-order valence-corrected chi connectivity index (χ1v) is 7.55. The molecule has 2 rings (SSSR count). The summed E-state index contributed by atoms with van der Waals surface area (Å²) in [6.07, 6.45) is 1.10.